The molecule has 5 nitrogen and oxygen atoms in total. The predicted molar refractivity (Wildman–Crippen MR) is 77.6 cm³/mol. The van der Waals surface area contributed by atoms with Crippen LogP contribution in [-0.4, -0.2) is 14.7 Å². The van der Waals surface area contributed by atoms with E-state index >= 15 is 0 Å². The summed E-state index contributed by atoms with van der Waals surface area (Å²) in [6, 6.07) is 11.8. The summed E-state index contributed by atoms with van der Waals surface area (Å²) in [7, 11) is 0. The van der Waals surface area contributed by atoms with Crippen LogP contribution in [0.4, 0.5) is 5.69 Å². The Hall–Kier alpha value is -2.82. The second-order valence-corrected chi connectivity index (χ2v) is 4.62. The van der Waals surface area contributed by atoms with Crippen LogP contribution in [0.5, 0.6) is 5.75 Å². The fourth-order valence-corrected chi connectivity index (χ4v) is 2.09. The molecule has 0 unspecified atom stereocenters. The van der Waals surface area contributed by atoms with E-state index in [0.29, 0.717) is 23.1 Å². The Labute approximate surface area is 114 Å². The molecule has 0 saturated heterocycles. The maximum absolute atomic E-state index is 12.4. The standard InChI is InChI=1S/C15H13N3O2/c16-11-3-6-14-13(7-11)15(20)18(9-17-14)8-10-1-4-12(19)5-2-10/h1-7,9,19H,8,16H2. The number of aromatic hydroxyl groups is 1. The van der Waals surface area contributed by atoms with Crippen LogP contribution in [-0.2, 0) is 6.54 Å². The molecule has 0 amide bonds. The second-order valence-electron chi connectivity index (χ2n) is 4.62. The van der Waals surface area contributed by atoms with Crippen molar-refractivity contribution < 1.29 is 5.11 Å². The number of hydrogen-bond donors (Lipinski definition) is 2. The van der Waals surface area contributed by atoms with E-state index in [4.69, 9.17) is 5.73 Å². The van der Waals surface area contributed by atoms with Crippen LogP contribution < -0.4 is 11.3 Å². The fraction of sp³-hybridized carbons (Fsp3) is 0.0667. The van der Waals surface area contributed by atoms with Crippen LogP contribution in [0.25, 0.3) is 10.9 Å². The summed E-state index contributed by atoms with van der Waals surface area (Å²) in [4.78, 5) is 16.6. The molecular formula is C15H13N3O2. The highest BCUT2D eigenvalue weighted by atomic mass is 16.3. The first-order valence-electron chi connectivity index (χ1n) is 6.16. The van der Waals surface area contributed by atoms with E-state index < -0.39 is 0 Å². The molecule has 0 saturated carbocycles. The zero-order valence-electron chi connectivity index (χ0n) is 10.7. The van der Waals surface area contributed by atoms with Crippen LogP contribution in [0.1, 0.15) is 5.56 Å². The van der Waals surface area contributed by atoms with E-state index in [0.717, 1.165) is 5.56 Å². The highest BCUT2D eigenvalue weighted by Crippen LogP contribution is 2.13. The maximum Gasteiger partial charge on any atom is 0.261 e. The van der Waals surface area contributed by atoms with Crippen molar-refractivity contribution in [2.75, 3.05) is 5.73 Å². The summed E-state index contributed by atoms with van der Waals surface area (Å²) in [6.07, 6.45) is 1.52. The zero-order valence-corrected chi connectivity index (χ0v) is 10.7. The van der Waals surface area contributed by atoms with Crippen LogP contribution in [0.3, 0.4) is 0 Å². The van der Waals surface area contributed by atoms with E-state index in [2.05, 4.69) is 4.98 Å². The van der Waals surface area contributed by atoms with Gasteiger partial charge in [-0.25, -0.2) is 4.98 Å². The quantitative estimate of drug-likeness (QED) is 0.693. The van der Waals surface area contributed by atoms with Crippen molar-refractivity contribution in [2.24, 2.45) is 0 Å². The molecule has 0 spiro atoms. The largest absolute Gasteiger partial charge is 0.508 e. The molecule has 2 aromatic carbocycles. The van der Waals surface area contributed by atoms with Crippen LogP contribution in [0.15, 0.2) is 53.6 Å². The predicted octanol–water partition coefficient (Wildman–Crippen LogP) is 1.73. The molecule has 0 aliphatic heterocycles. The Morgan fingerprint density at radius 2 is 1.90 bits per heavy atom. The van der Waals surface area contributed by atoms with Gasteiger partial charge in [-0.05, 0) is 35.9 Å². The first kappa shape index (κ1) is 12.2. The second kappa shape index (κ2) is 4.70. The van der Waals surface area contributed by atoms with Gasteiger partial charge in [-0.2, -0.15) is 0 Å². The summed E-state index contributed by atoms with van der Waals surface area (Å²) in [5.41, 5.74) is 7.66. The maximum atomic E-state index is 12.4. The van der Waals surface area contributed by atoms with Crippen molar-refractivity contribution in [1.82, 2.24) is 9.55 Å². The van der Waals surface area contributed by atoms with Gasteiger partial charge in [0.25, 0.3) is 5.56 Å². The molecule has 5 heteroatoms. The molecule has 1 heterocycles. The van der Waals surface area contributed by atoms with E-state index in [9.17, 15) is 9.90 Å². The fourth-order valence-electron chi connectivity index (χ4n) is 2.09. The van der Waals surface area contributed by atoms with Gasteiger partial charge in [0, 0.05) is 5.69 Å². The molecule has 0 aliphatic rings. The molecule has 1 aromatic heterocycles. The number of benzene rings is 2. The van der Waals surface area contributed by atoms with Crippen LogP contribution >= 0.6 is 0 Å². The van der Waals surface area contributed by atoms with Gasteiger partial charge >= 0.3 is 0 Å². The summed E-state index contributed by atoms with van der Waals surface area (Å²) in [6.45, 7) is 0.400. The zero-order chi connectivity index (χ0) is 14.1. The lowest BCUT2D eigenvalue weighted by atomic mass is 10.2. The third-order valence-corrected chi connectivity index (χ3v) is 3.14. The molecule has 100 valence electrons. The molecule has 0 bridgehead atoms. The number of hydrogen-bond acceptors (Lipinski definition) is 4. The van der Waals surface area contributed by atoms with Crippen LogP contribution in [0, 0.1) is 0 Å². The molecule has 0 fully saturated rings. The third kappa shape index (κ3) is 2.21. The molecule has 0 aliphatic carbocycles. The van der Waals surface area contributed by atoms with Crippen molar-refractivity contribution in [3.63, 3.8) is 0 Å². The van der Waals surface area contributed by atoms with Crippen molar-refractivity contribution in [3.8, 4) is 5.75 Å². The van der Waals surface area contributed by atoms with E-state index in [1.54, 1.807) is 42.5 Å². The molecular weight excluding hydrogens is 254 g/mol. The first-order valence-corrected chi connectivity index (χ1v) is 6.16. The van der Waals surface area contributed by atoms with Gasteiger partial charge in [0.1, 0.15) is 5.75 Å². The number of rotatable bonds is 2. The first-order chi connectivity index (χ1) is 9.63. The number of fused-ring (bicyclic) bond motifs is 1. The summed E-state index contributed by atoms with van der Waals surface area (Å²) in [5.74, 6) is 0.200. The van der Waals surface area contributed by atoms with E-state index in [-0.39, 0.29) is 11.3 Å². The number of nitrogens with two attached hydrogens (primary N) is 1. The molecule has 20 heavy (non-hydrogen) atoms. The minimum absolute atomic E-state index is 0.129. The number of nitrogen functional groups attached to an aromatic ring is 1. The monoisotopic (exact) mass is 267 g/mol. The molecule has 3 aromatic rings. The number of aromatic nitrogens is 2. The molecule has 3 N–H and O–H groups in total. The van der Waals surface area contributed by atoms with E-state index in [1.807, 2.05) is 0 Å². The number of phenols is 1. The number of phenolic OH excluding ortho intramolecular Hbond substituents is 1. The summed E-state index contributed by atoms with van der Waals surface area (Å²) >= 11 is 0. The Kier molecular flexibility index (Phi) is 2.87. The van der Waals surface area contributed by atoms with Gasteiger partial charge in [0.05, 0.1) is 23.8 Å². The van der Waals surface area contributed by atoms with Crippen molar-refractivity contribution in [2.45, 2.75) is 6.54 Å². The normalized spacial score (nSPS) is 10.8. The summed E-state index contributed by atoms with van der Waals surface area (Å²) < 4.78 is 1.52. The highest BCUT2D eigenvalue weighted by molar-refractivity contribution is 5.80. The third-order valence-electron chi connectivity index (χ3n) is 3.14. The lowest BCUT2D eigenvalue weighted by Crippen LogP contribution is -2.21. The Bertz CT molecular complexity index is 823. The van der Waals surface area contributed by atoms with Gasteiger partial charge in [-0.15, -0.1) is 0 Å². The molecule has 0 atom stereocenters. The van der Waals surface area contributed by atoms with Gasteiger partial charge in [-0.3, -0.25) is 9.36 Å². The Morgan fingerprint density at radius 1 is 1.15 bits per heavy atom. The lowest BCUT2D eigenvalue weighted by Gasteiger charge is -2.07. The number of anilines is 1. The molecule has 3 rings (SSSR count). The van der Waals surface area contributed by atoms with Crippen LogP contribution in [0.2, 0.25) is 0 Å². The smallest absolute Gasteiger partial charge is 0.261 e. The van der Waals surface area contributed by atoms with Crippen molar-refractivity contribution >= 4 is 16.6 Å². The van der Waals surface area contributed by atoms with Gasteiger partial charge in [-0.1, -0.05) is 12.1 Å². The Morgan fingerprint density at radius 3 is 2.65 bits per heavy atom. The van der Waals surface area contributed by atoms with Gasteiger partial charge in [0.15, 0.2) is 0 Å². The SMILES string of the molecule is Nc1ccc2ncn(Cc3ccc(O)cc3)c(=O)c2c1. The minimum atomic E-state index is -0.129. The average molecular weight is 267 g/mol. The van der Waals surface area contributed by atoms with E-state index in [1.165, 1.54) is 10.9 Å². The number of nitrogens with zero attached hydrogens (tertiary/aromatic N) is 2. The average Bonchev–Trinajstić information content (AvgIpc) is 2.45. The van der Waals surface area contributed by atoms with Crippen molar-refractivity contribution in [1.29, 1.82) is 0 Å². The van der Waals surface area contributed by atoms with Gasteiger partial charge in [0.2, 0.25) is 0 Å². The minimum Gasteiger partial charge on any atom is -0.508 e. The Balaban J connectivity index is 2.06. The lowest BCUT2D eigenvalue weighted by molar-refractivity contribution is 0.475. The molecule has 0 radical (unpaired) electrons. The van der Waals surface area contributed by atoms with Crippen molar-refractivity contribution in [3.05, 3.63) is 64.7 Å². The highest BCUT2D eigenvalue weighted by Gasteiger charge is 2.05. The topological polar surface area (TPSA) is 81.1 Å². The van der Waals surface area contributed by atoms with Gasteiger partial charge < -0.3 is 10.8 Å². The summed E-state index contributed by atoms with van der Waals surface area (Å²) in [5, 5.41) is 9.76.